The van der Waals surface area contributed by atoms with E-state index in [1.54, 1.807) is 6.07 Å². The lowest BCUT2D eigenvalue weighted by atomic mass is 10.2. The maximum absolute atomic E-state index is 6.36. The fourth-order valence-corrected chi connectivity index (χ4v) is 2.86. The van der Waals surface area contributed by atoms with Gasteiger partial charge in [0.25, 0.3) is 0 Å². The van der Waals surface area contributed by atoms with Gasteiger partial charge in [0.05, 0.1) is 10.0 Å². The molecule has 0 aliphatic heterocycles. The fraction of sp³-hybridized carbons (Fsp3) is 0.667. The fourth-order valence-electron chi connectivity index (χ4n) is 2.32. The maximum Gasteiger partial charge on any atom is 0.150 e. The van der Waals surface area contributed by atoms with Crippen LogP contribution in [0.15, 0.2) is 6.07 Å². The molecule has 0 amide bonds. The quantitative estimate of drug-likeness (QED) is 0.779. The van der Waals surface area contributed by atoms with Crippen LogP contribution in [0, 0.1) is 0 Å². The molecule has 6 heteroatoms. The monoisotopic (exact) mass is 332 g/mol. The Labute approximate surface area is 138 Å². The minimum Gasteiger partial charge on any atom is -0.369 e. The van der Waals surface area contributed by atoms with E-state index in [0.29, 0.717) is 21.9 Å². The van der Waals surface area contributed by atoms with Gasteiger partial charge in [-0.2, -0.15) is 0 Å². The molecule has 1 aromatic heterocycles. The Morgan fingerprint density at radius 2 is 1.90 bits per heavy atom. The van der Waals surface area contributed by atoms with Gasteiger partial charge in [-0.1, -0.05) is 30.1 Å². The lowest BCUT2D eigenvalue weighted by molar-refractivity contribution is 0.372. The second-order valence-corrected chi connectivity index (χ2v) is 6.26. The Morgan fingerprint density at radius 1 is 1.24 bits per heavy atom. The molecule has 1 heterocycles. The van der Waals surface area contributed by atoms with Gasteiger partial charge in [0.2, 0.25) is 0 Å². The molecule has 0 fully saturated rings. The average Bonchev–Trinajstić information content (AvgIpc) is 2.39. The number of nitrogens with zero attached hydrogens (tertiary/aromatic N) is 3. The molecule has 0 saturated carbocycles. The smallest absolute Gasteiger partial charge is 0.150 e. The van der Waals surface area contributed by atoms with Crippen LogP contribution in [0.2, 0.25) is 10.0 Å². The molecule has 1 rings (SSSR count). The van der Waals surface area contributed by atoms with Crippen molar-refractivity contribution in [3.8, 4) is 0 Å². The molecule has 0 spiro atoms. The van der Waals surface area contributed by atoms with Crippen LogP contribution in [0.5, 0.6) is 0 Å². The molecule has 0 aromatic carbocycles. The molecule has 1 atom stereocenters. The highest BCUT2D eigenvalue weighted by molar-refractivity contribution is 6.37. The Morgan fingerprint density at radius 3 is 2.43 bits per heavy atom. The van der Waals surface area contributed by atoms with Crippen molar-refractivity contribution in [3.05, 3.63) is 16.1 Å². The van der Waals surface area contributed by atoms with E-state index in [1.807, 2.05) is 0 Å². The second-order valence-electron chi connectivity index (χ2n) is 5.45. The standard InChI is InChI=1S/C15H26Cl2N4/c1-6-8-18-14-12(16)9-13(17)15(19-14)21(7-2)11(3)10-20(4)5/h9,11H,6-8,10H2,1-5H3,(H,18,19). The molecular formula is C15H26Cl2N4. The summed E-state index contributed by atoms with van der Waals surface area (Å²) in [5.41, 5.74) is 0. The van der Waals surface area contributed by atoms with Crippen LogP contribution in [0.1, 0.15) is 27.2 Å². The van der Waals surface area contributed by atoms with Gasteiger partial charge in [-0.3, -0.25) is 0 Å². The van der Waals surface area contributed by atoms with E-state index in [1.165, 1.54) is 0 Å². The van der Waals surface area contributed by atoms with E-state index in [9.17, 15) is 0 Å². The van der Waals surface area contributed by atoms with Gasteiger partial charge in [-0.05, 0) is 40.4 Å². The summed E-state index contributed by atoms with van der Waals surface area (Å²) in [6.45, 7) is 9.01. The van der Waals surface area contributed by atoms with Crippen molar-refractivity contribution < 1.29 is 0 Å². The summed E-state index contributed by atoms with van der Waals surface area (Å²) < 4.78 is 0. The maximum atomic E-state index is 6.36. The Bertz CT molecular complexity index is 452. The van der Waals surface area contributed by atoms with Crippen molar-refractivity contribution in [3.63, 3.8) is 0 Å². The first-order valence-corrected chi connectivity index (χ1v) is 8.17. The minimum atomic E-state index is 0.315. The Balaban J connectivity index is 3.07. The highest BCUT2D eigenvalue weighted by atomic mass is 35.5. The minimum absolute atomic E-state index is 0.315. The number of aromatic nitrogens is 1. The number of rotatable bonds is 8. The molecule has 1 aromatic rings. The Hall–Kier alpha value is -0.710. The molecule has 1 N–H and O–H groups in total. The summed E-state index contributed by atoms with van der Waals surface area (Å²) in [5, 5.41) is 4.41. The topological polar surface area (TPSA) is 31.4 Å². The van der Waals surface area contributed by atoms with E-state index in [4.69, 9.17) is 23.2 Å². The number of likely N-dealkylation sites (N-methyl/N-ethyl adjacent to an activating group) is 2. The van der Waals surface area contributed by atoms with Crippen LogP contribution < -0.4 is 10.2 Å². The predicted octanol–water partition coefficient (Wildman–Crippen LogP) is 3.99. The zero-order valence-corrected chi connectivity index (χ0v) is 15.1. The van der Waals surface area contributed by atoms with Crippen LogP contribution in [-0.2, 0) is 0 Å². The summed E-state index contributed by atoms with van der Waals surface area (Å²) >= 11 is 12.6. The zero-order chi connectivity index (χ0) is 16.0. The third kappa shape index (κ3) is 5.20. The summed E-state index contributed by atoms with van der Waals surface area (Å²) in [4.78, 5) is 9.01. The summed E-state index contributed by atoms with van der Waals surface area (Å²) in [7, 11) is 4.13. The van der Waals surface area contributed by atoms with E-state index in [2.05, 4.69) is 55.0 Å². The molecule has 0 bridgehead atoms. The van der Waals surface area contributed by atoms with Crippen LogP contribution in [-0.4, -0.2) is 49.7 Å². The summed E-state index contributed by atoms with van der Waals surface area (Å²) in [5.74, 6) is 1.49. The first-order valence-electron chi connectivity index (χ1n) is 7.41. The number of hydrogen-bond donors (Lipinski definition) is 1. The normalized spacial score (nSPS) is 12.6. The molecular weight excluding hydrogens is 307 g/mol. The first-order chi connectivity index (χ1) is 9.90. The van der Waals surface area contributed by atoms with Gasteiger partial charge in [0.15, 0.2) is 0 Å². The highest BCUT2D eigenvalue weighted by Crippen LogP contribution is 2.32. The molecule has 4 nitrogen and oxygen atoms in total. The predicted molar refractivity (Wildman–Crippen MR) is 94.1 cm³/mol. The molecule has 0 radical (unpaired) electrons. The molecule has 120 valence electrons. The van der Waals surface area contributed by atoms with E-state index in [0.717, 1.165) is 31.9 Å². The average molecular weight is 333 g/mol. The van der Waals surface area contributed by atoms with Crippen LogP contribution >= 0.6 is 23.2 Å². The van der Waals surface area contributed by atoms with Crippen LogP contribution in [0.25, 0.3) is 0 Å². The van der Waals surface area contributed by atoms with Gasteiger partial charge in [0.1, 0.15) is 11.6 Å². The lowest BCUT2D eigenvalue weighted by Gasteiger charge is -2.32. The highest BCUT2D eigenvalue weighted by Gasteiger charge is 2.19. The zero-order valence-electron chi connectivity index (χ0n) is 13.6. The number of halogens is 2. The van der Waals surface area contributed by atoms with Crippen LogP contribution in [0.4, 0.5) is 11.6 Å². The van der Waals surface area contributed by atoms with Crippen molar-refractivity contribution in [2.75, 3.05) is 43.9 Å². The summed E-state index contributed by atoms with van der Waals surface area (Å²) in [6, 6.07) is 2.09. The molecule has 21 heavy (non-hydrogen) atoms. The van der Waals surface area contributed by atoms with Crippen molar-refractivity contribution >= 4 is 34.8 Å². The SMILES string of the molecule is CCCNc1nc(N(CC)C(C)CN(C)C)c(Cl)cc1Cl. The molecule has 0 saturated heterocycles. The van der Waals surface area contributed by atoms with Gasteiger partial charge in [-0.25, -0.2) is 4.98 Å². The molecule has 0 aliphatic carbocycles. The van der Waals surface area contributed by atoms with Gasteiger partial charge in [-0.15, -0.1) is 0 Å². The molecule has 1 unspecified atom stereocenters. The Kier molecular flexibility index (Phi) is 7.57. The second kappa shape index (κ2) is 8.66. The van der Waals surface area contributed by atoms with Crippen molar-refractivity contribution in [1.29, 1.82) is 0 Å². The molecule has 0 aliphatic rings. The van der Waals surface area contributed by atoms with Crippen molar-refractivity contribution in [2.24, 2.45) is 0 Å². The van der Waals surface area contributed by atoms with E-state index in [-0.39, 0.29) is 0 Å². The lowest BCUT2D eigenvalue weighted by Crippen LogP contribution is -2.40. The van der Waals surface area contributed by atoms with Crippen molar-refractivity contribution in [2.45, 2.75) is 33.2 Å². The van der Waals surface area contributed by atoms with Crippen molar-refractivity contribution in [1.82, 2.24) is 9.88 Å². The van der Waals surface area contributed by atoms with Gasteiger partial charge >= 0.3 is 0 Å². The third-order valence-electron chi connectivity index (χ3n) is 3.23. The first kappa shape index (κ1) is 18.3. The summed E-state index contributed by atoms with van der Waals surface area (Å²) in [6.07, 6.45) is 1.02. The number of nitrogens with one attached hydrogen (secondary N) is 1. The largest absolute Gasteiger partial charge is 0.369 e. The van der Waals surface area contributed by atoms with E-state index >= 15 is 0 Å². The number of pyridine rings is 1. The third-order valence-corrected chi connectivity index (χ3v) is 3.79. The number of anilines is 2. The number of hydrogen-bond acceptors (Lipinski definition) is 4. The van der Waals surface area contributed by atoms with Crippen LogP contribution in [0.3, 0.4) is 0 Å². The van der Waals surface area contributed by atoms with E-state index < -0.39 is 0 Å². The van der Waals surface area contributed by atoms with Gasteiger partial charge < -0.3 is 15.1 Å². The van der Waals surface area contributed by atoms with Gasteiger partial charge in [0, 0.05) is 25.7 Å².